The molecule has 1 amide bonds. The summed E-state index contributed by atoms with van der Waals surface area (Å²) in [6.45, 7) is 10.2. The van der Waals surface area contributed by atoms with E-state index in [1.807, 2.05) is 38.1 Å². The fraction of sp³-hybridized carbons (Fsp3) is 0.519. The molecule has 2 aliphatic carbocycles. The van der Waals surface area contributed by atoms with Gasteiger partial charge in [-0.25, -0.2) is 13.1 Å². The highest BCUT2D eigenvalue weighted by molar-refractivity contribution is 7.90. The number of carbonyl (C=O) groups is 1. The lowest BCUT2D eigenvalue weighted by Gasteiger charge is -2.56. The number of benzene rings is 3. The molecule has 10 rings (SSSR count). The zero-order chi connectivity index (χ0) is 50.5. The predicted octanol–water partition coefficient (Wildman–Crippen LogP) is 9.15. The normalized spacial score (nSPS) is 23.4. The van der Waals surface area contributed by atoms with Crippen molar-refractivity contribution in [3.63, 3.8) is 0 Å². The molecule has 0 unspecified atom stereocenters. The molecule has 17 nitrogen and oxygen atoms in total. The van der Waals surface area contributed by atoms with E-state index in [1.54, 1.807) is 24.4 Å². The molecule has 5 heterocycles. The van der Waals surface area contributed by atoms with Gasteiger partial charge in [-0.3, -0.25) is 19.8 Å². The summed E-state index contributed by atoms with van der Waals surface area (Å²) in [5.74, 6) is 0.0786. The number of nitro benzene ring substituents is 1. The number of hydrogen-bond acceptors (Lipinski definition) is 14. The highest BCUT2D eigenvalue weighted by atomic mass is 32.2. The number of aliphatic hydroxyl groups is 1. The molecule has 3 aromatic carbocycles. The fourth-order valence-electron chi connectivity index (χ4n) is 12.0. The number of ether oxygens (including phenoxy) is 3. The highest BCUT2D eigenvalue weighted by Crippen LogP contribution is 2.54. The van der Waals surface area contributed by atoms with Gasteiger partial charge in [0.25, 0.3) is 27.5 Å². The third kappa shape index (κ3) is 10.2. The Hall–Kier alpha value is -5.95. The lowest BCUT2D eigenvalue weighted by atomic mass is 9.59. The second-order valence-corrected chi connectivity index (χ2v) is 23.5. The Kier molecular flexibility index (Phi) is 13.7. The Morgan fingerprint density at radius 1 is 1.01 bits per heavy atom. The van der Waals surface area contributed by atoms with Crippen LogP contribution in [0.25, 0.3) is 11.0 Å². The minimum Gasteiger partial charge on any atom is -0.489 e. The van der Waals surface area contributed by atoms with Crippen LogP contribution in [0.15, 0.2) is 77.8 Å². The van der Waals surface area contributed by atoms with Crippen molar-refractivity contribution < 1.29 is 37.5 Å². The molecule has 4 fully saturated rings. The molecule has 2 saturated carbocycles. The van der Waals surface area contributed by atoms with Gasteiger partial charge in [0, 0.05) is 67.2 Å². The van der Waals surface area contributed by atoms with Crippen LogP contribution in [0.4, 0.5) is 17.1 Å². The molecule has 2 saturated heterocycles. The Bertz CT molecular complexity index is 2930. The molecule has 0 radical (unpaired) electrons. The van der Waals surface area contributed by atoms with Crippen LogP contribution in [0.5, 0.6) is 23.1 Å². The third-order valence-corrected chi connectivity index (χ3v) is 17.5. The first-order valence-corrected chi connectivity index (χ1v) is 27.1. The Morgan fingerprint density at radius 2 is 1.78 bits per heavy atom. The van der Waals surface area contributed by atoms with Gasteiger partial charge in [0.05, 0.1) is 27.0 Å². The number of sulfonamides is 1. The topological polar surface area (TPSA) is 205 Å². The van der Waals surface area contributed by atoms with Crippen LogP contribution in [0, 0.1) is 21.4 Å². The molecule has 18 heteroatoms. The molecule has 2 atom stereocenters. The van der Waals surface area contributed by atoms with Crippen molar-refractivity contribution in [2.45, 2.75) is 120 Å². The van der Waals surface area contributed by atoms with Gasteiger partial charge in [-0.1, -0.05) is 38.1 Å². The van der Waals surface area contributed by atoms with Crippen LogP contribution < -0.4 is 29.1 Å². The van der Waals surface area contributed by atoms with Crippen molar-refractivity contribution in [2.75, 3.05) is 63.7 Å². The van der Waals surface area contributed by atoms with E-state index in [-0.39, 0.29) is 58.4 Å². The van der Waals surface area contributed by atoms with Crippen LogP contribution in [0.1, 0.15) is 118 Å². The minimum atomic E-state index is -4.71. The summed E-state index contributed by atoms with van der Waals surface area (Å²) in [4.78, 5) is 40.6. The Balaban J connectivity index is 0.892. The minimum absolute atomic E-state index is 0.00714. The molecular weight excluding hydrogens is 937 g/mol. The second kappa shape index (κ2) is 19.8. The molecule has 2 aromatic heterocycles. The number of H-pyrrole nitrogens is 1. The standard InChI is InChI=1S/C54H68N8O9S/c1-34(2)40-9-6-7-10-41(40)44-11-8-22-61(44)38-31-54(32-38)19-23-60(24-20-54)37-12-13-42(46(28-37)71-48-27-36-16-21-55-50(36)57-52(48)69-26-25-59(4)5)51(63)58-72(67,68)39-29-45(62(65)66)49-47(30-39)70-33-43(56-49)35-14-17-53(3,64)18-15-35/h6-7,9-10,12-13,16,21,27-30,34-35,38,43-44,56,64H,8,11,14-15,17-20,22-26,31-33H2,1-5H3,(H,55,57)(H,58,63)/t35?,43-,44-,53?/m1/s1. The van der Waals surface area contributed by atoms with E-state index in [9.17, 15) is 28.4 Å². The van der Waals surface area contributed by atoms with Gasteiger partial charge in [0.1, 0.15) is 24.6 Å². The number of nitrogens with zero attached hydrogens (tertiary/aromatic N) is 5. The smallest absolute Gasteiger partial charge is 0.297 e. The van der Waals surface area contributed by atoms with E-state index >= 15 is 0 Å². The zero-order valence-electron chi connectivity index (χ0n) is 42.0. The number of piperidine rings is 1. The maximum absolute atomic E-state index is 14.4. The largest absolute Gasteiger partial charge is 0.489 e. The summed E-state index contributed by atoms with van der Waals surface area (Å²) in [6, 6.07) is 20.6. The first-order chi connectivity index (χ1) is 34.4. The van der Waals surface area contributed by atoms with Crippen molar-refractivity contribution in [1.29, 1.82) is 0 Å². The number of aromatic amines is 1. The number of aromatic nitrogens is 2. The molecule has 3 aliphatic heterocycles. The first kappa shape index (κ1) is 49.6. The Labute approximate surface area is 421 Å². The van der Waals surface area contributed by atoms with Crippen molar-refractivity contribution >= 4 is 44.0 Å². The van der Waals surface area contributed by atoms with Crippen LogP contribution in [0.2, 0.25) is 0 Å². The van der Waals surface area contributed by atoms with Gasteiger partial charge in [-0.15, -0.1) is 0 Å². The zero-order valence-corrected chi connectivity index (χ0v) is 42.8. The fourth-order valence-corrected chi connectivity index (χ4v) is 13.0. The average Bonchev–Trinajstić information content (AvgIpc) is 4.02. The van der Waals surface area contributed by atoms with Crippen molar-refractivity contribution in [1.82, 2.24) is 24.5 Å². The summed E-state index contributed by atoms with van der Waals surface area (Å²) in [5.41, 5.74) is 3.35. The lowest BCUT2D eigenvalue weighted by molar-refractivity contribution is -0.384. The van der Waals surface area contributed by atoms with Crippen LogP contribution in [0.3, 0.4) is 0 Å². The third-order valence-electron chi connectivity index (χ3n) is 16.2. The molecule has 384 valence electrons. The first-order valence-electron chi connectivity index (χ1n) is 25.6. The molecular formula is C54H68N8O9S. The monoisotopic (exact) mass is 1000 g/mol. The number of nitro groups is 1. The van der Waals surface area contributed by atoms with E-state index < -0.39 is 37.0 Å². The summed E-state index contributed by atoms with van der Waals surface area (Å²) >= 11 is 0. The van der Waals surface area contributed by atoms with Crippen LogP contribution in [-0.4, -0.2) is 115 Å². The SMILES string of the molecule is CC(C)c1ccccc1[C@H]1CCCN1C1CC2(CCN(c3ccc(C(=O)NS(=O)(=O)c4cc5c(c([N+](=O)[O-])c4)N[C@@H](C4CCC(C)(O)CC4)CO5)c(Oc4cc5cc[nH]c5nc4OCCN(C)C)c3)CC2)C1. The van der Waals surface area contributed by atoms with E-state index in [1.165, 1.54) is 42.9 Å². The van der Waals surface area contributed by atoms with Crippen molar-refractivity contribution in [3.05, 3.63) is 99.7 Å². The second-order valence-electron chi connectivity index (χ2n) is 21.8. The highest BCUT2D eigenvalue weighted by Gasteiger charge is 2.50. The van der Waals surface area contributed by atoms with E-state index in [0.717, 1.165) is 49.6 Å². The Morgan fingerprint density at radius 3 is 2.51 bits per heavy atom. The van der Waals surface area contributed by atoms with E-state index in [0.29, 0.717) is 62.5 Å². The van der Waals surface area contributed by atoms with Crippen molar-refractivity contribution in [2.24, 2.45) is 11.3 Å². The summed E-state index contributed by atoms with van der Waals surface area (Å²) in [7, 11) is -0.848. The number of carbonyl (C=O) groups excluding carboxylic acids is 1. The number of amides is 1. The van der Waals surface area contributed by atoms with Crippen molar-refractivity contribution in [3.8, 4) is 23.1 Å². The molecule has 5 aliphatic rings. The number of nitrogens with one attached hydrogen (secondary N) is 3. The lowest BCUT2D eigenvalue weighted by Crippen LogP contribution is -2.54. The maximum Gasteiger partial charge on any atom is 0.297 e. The number of hydrogen-bond donors (Lipinski definition) is 4. The maximum atomic E-state index is 14.4. The molecule has 5 aromatic rings. The van der Waals surface area contributed by atoms with Gasteiger partial charge in [-0.2, -0.15) is 4.98 Å². The number of rotatable bonds is 15. The average molecular weight is 1010 g/mol. The summed E-state index contributed by atoms with van der Waals surface area (Å²) in [5, 5.41) is 27.0. The predicted molar refractivity (Wildman–Crippen MR) is 276 cm³/mol. The van der Waals surface area contributed by atoms with E-state index in [4.69, 9.17) is 19.2 Å². The van der Waals surface area contributed by atoms with Crippen LogP contribution >= 0.6 is 0 Å². The number of anilines is 2. The van der Waals surface area contributed by atoms with Gasteiger partial charge in [-0.05, 0) is 144 Å². The number of likely N-dealkylation sites (tertiary alicyclic amines) is 1. The quantitative estimate of drug-likeness (QED) is 0.0571. The van der Waals surface area contributed by atoms with Gasteiger partial charge >= 0.3 is 0 Å². The number of pyridine rings is 1. The van der Waals surface area contributed by atoms with E-state index in [2.05, 4.69) is 62.9 Å². The van der Waals surface area contributed by atoms with Gasteiger partial charge in [0.2, 0.25) is 0 Å². The van der Waals surface area contributed by atoms with Gasteiger partial charge < -0.3 is 39.4 Å². The summed E-state index contributed by atoms with van der Waals surface area (Å²) < 4.78 is 49.3. The number of fused-ring (bicyclic) bond motifs is 2. The summed E-state index contributed by atoms with van der Waals surface area (Å²) in [6.07, 6.45) is 11.2. The molecule has 4 N–H and O–H groups in total. The van der Waals surface area contributed by atoms with Gasteiger partial charge in [0.15, 0.2) is 17.2 Å². The van der Waals surface area contributed by atoms with Crippen LogP contribution in [-0.2, 0) is 10.0 Å². The number of likely N-dealkylation sites (N-methyl/N-ethyl adjacent to an activating group) is 1. The molecule has 1 spiro atoms. The molecule has 0 bridgehead atoms. The molecule has 72 heavy (non-hydrogen) atoms.